The average Bonchev–Trinajstić information content (AvgIpc) is 3.61. The number of imidazole rings is 1. The molecule has 0 N–H and O–H groups in total. The van der Waals surface area contributed by atoms with Crippen molar-refractivity contribution in [1.29, 1.82) is 0 Å². The third-order valence-corrected chi connectivity index (χ3v) is 10.0. The minimum atomic E-state index is 0.950. The fourth-order valence-electron chi connectivity index (χ4n) is 7.90. The summed E-state index contributed by atoms with van der Waals surface area (Å²) in [5.74, 6) is 0. The molecule has 0 fully saturated rings. The molecule has 0 aliphatic carbocycles. The van der Waals surface area contributed by atoms with Crippen molar-refractivity contribution in [1.82, 2.24) is 9.38 Å². The van der Waals surface area contributed by atoms with Crippen molar-refractivity contribution >= 4 is 48.7 Å². The highest BCUT2D eigenvalue weighted by Crippen LogP contribution is 2.49. The Kier molecular flexibility index (Phi) is 6.22. The first-order valence-electron chi connectivity index (χ1n) is 16.8. The molecule has 0 unspecified atom stereocenters. The van der Waals surface area contributed by atoms with Crippen LogP contribution in [0.1, 0.15) is 0 Å². The topological polar surface area (TPSA) is 17.3 Å². The molecule has 0 saturated heterocycles. The van der Waals surface area contributed by atoms with E-state index in [9.17, 15) is 0 Å². The van der Waals surface area contributed by atoms with Crippen LogP contribution in [0.5, 0.6) is 0 Å². The summed E-state index contributed by atoms with van der Waals surface area (Å²) in [6.45, 7) is 0. The van der Waals surface area contributed by atoms with Gasteiger partial charge in [0, 0.05) is 18.0 Å². The zero-order valence-electron chi connectivity index (χ0n) is 26.7. The molecule has 8 aromatic carbocycles. The minimum Gasteiger partial charge on any atom is -0.306 e. The summed E-state index contributed by atoms with van der Waals surface area (Å²) in [5.41, 5.74) is 10.6. The van der Waals surface area contributed by atoms with Crippen LogP contribution in [0.15, 0.2) is 182 Å². The van der Waals surface area contributed by atoms with Crippen molar-refractivity contribution in [2.45, 2.75) is 0 Å². The van der Waals surface area contributed by atoms with Crippen LogP contribution in [0.4, 0.5) is 0 Å². The highest BCUT2D eigenvalue weighted by Gasteiger charge is 2.22. The maximum absolute atomic E-state index is 4.87. The third-order valence-electron chi connectivity index (χ3n) is 10.0. The molecule has 0 spiro atoms. The molecular weight excluding hydrogens is 593 g/mol. The zero-order chi connectivity index (χ0) is 32.3. The molecule has 0 amide bonds. The molecule has 0 radical (unpaired) electrons. The van der Waals surface area contributed by atoms with Crippen molar-refractivity contribution in [3.8, 4) is 44.6 Å². The van der Waals surface area contributed by atoms with E-state index in [1.807, 2.05) is 24.4 Å². The van der Waals surface area contributed by atoms with Crippen molar-refractivity contribution in [3.05, 3.63) is 182 Å². The van der Waals surface area contributed by atoms with Gasteiger partial charge in [0.1, 0.15) is 5.65 Å². The monoisotopic (exact) mass is 622 g/mol. The zero-order valence-corrected chi connectivity index (χ0v) is 26.7. The van der Waals surface area contributed by atoms with E-state index in [0.29, 0.717) is 0 Å². The quantitative estimate of drug-likeness (QED) is 0.179. The van der Waals surface area contributed by atoms with E-state index >= 15 is 0 Å². The van der Waals surface area contributed by atoms with Gasteiger partial charge in [0.25, 0.3) is 0 Å². The van der Waals surface area contributed by atoms with Gasteiger partial charge in [0.2, 0.25) is 0 Å². The lowest BCUT2D eigenvalue weighted by atomic mass is 9.81. The van der Waals surface area contributed by atoms with Gasteiger partial charge in [-0.05, 0) is 88.6 Å². The van der Waals surface area contributed by atoms with Crippen LogP contribution < -0.4 is 0 Å². The first-order chi connectivity index (χ1) is 24.3. The molecule has 10 aromatic rings. The van der Waals surface area contributed by atoms with Crippen LogP contribution in [0, 0.1) is 0 Å². The maximum atomic E-state index is 4.87. The number of fused-ring (bicyclic) bond motifs is 5. The molecule has 0 bridgehead atoms. The summed E-state index contributed by atoms with van der Waals surface area (Å²) >= 11 is 0. The second-order valence-corrected chi connectivity index (χ2v) is 12.7. The summed E-state index contributed by atoms with van der Waals surface area (Å²) in [5, 5.41) is 10.1. The van der Waals surface area contributed by atoms with E-state index in [2.05, 4.69) is 162 Å². The van der Waals surface area contributed by atoms with Gasteiger partial charge in [-0.3, -0.25) is 0 Å². The maximum Gasteiger partial charge on any atom is 0.137 e. The summed E-state index contributed by atoms with van der Waals surface area (Å²) in [4.78, 5) is 4.87. The minimum absolute atomic E-state index is 0.950. The van der Waals surface area contributed by atoms with Gasteiger partial charge in [0.15, 0.2) is 0 Å². The molecule has 228 valence electrons. The Morgan fingerprint density at radius 2 is 0.673 bits per heavy atom. The number of rotatable bonds is 4. The lowest BCUT2D eigenvalue weighted by molar-refractivity contribution is 1.19. The molecule has 2 aromatic heterocycles. The summed E-state index contributed by atoms with van der Waals surface area (Å²) < 4.78 is 2.07. The molecule has 2 heterocycles. The fourth-order valence-corrected chi connectivity index (χ4v) is 7.90. The van der Waals surface area contributed by atoms with Crippen LogP contribution >= 0.6 is 0 Å². The smallest absolute Gasteiger partial charge is 0.137 e. The predicted molar refractivity (Wildman–Crippen MR) is 207 cm³/mol. The lowest BCUT2D eigenvalue weighted by Crippen LogP contribution is -1.94. The van der Waals surface area contributed by atoms with Gasteiger partial charge >= 0.3 is 0 Å². The summed E-state index contributed by atoms with van der Waals surface area (Å²) in [7, 11) is 0. The van der Waals surface area contributed by atoms with Crippen LogP contribution in [0.2, 0.25) is 0 Å². The molecule has 2 nitrogen and oxygen atoms in total. The fraction of sp³-hybridized carbons (Fsp3) is 0. The number of pyridine rings is 1. The normalized spacial score (nSPS) is 11.7. The molecule has 0 aliphatic rings. The Labute approximate surface area is 284 Å². The van der Waals surface area contributed by atoms with Gasteiger partial charge in [-0.2, -0.15) is 0 Å². The average molecular weight is 623 g/mol. The molecule has 0 atom stereocenters. The molecule has 2 heteroatoms. The van der Waals surface area contributed by atoms with Crippen LogP contribution in [0.3, 0.4) is 0 Å². The molecular formula is C47H30N2. The van der Waals surface area contributed by atoms with Crippen molar-refractivity contribution in [3.63, 3.8) is 0 Å². The first-order valence-corrected chi connectivity index (χ1v) is 16.8. The standard InChI is InChI=1S/C47H30N2/c1-2-14-32(15-3-1)44-34-16-4-8-20-38(34)46(39-21-9-5-17-35(39)44)47-40-22-10-6-18-36(40)45(37-19-7-11-23-41(37)47)33-27-25-31(26-28-33)42-30-49-29-13-12-24-43(49)48-42/h1-30H. The number of aromatic nitrogens is 2. The Bertz CT molecular complexity index is 2710. The lowest BCUT2D eigenvalue weighted by Gasteiger charge is -2.22. The number of hydrogen-bond acceptors (Lipinski definition) is 1. The summed E-state index contributed by atoms with van der Waals surface area (Å²) in [6.07, 6.45) is 4.14. The molecule has 0 aliphatic heterocycles. The second kappa shape index (κ2) is 11.0. The molecule has 0 saturated carbocycles. The van der Waals surface area contributed by atoms with E-state index in [1.165, 1.54) is 76.5 Å². The van der Waals surface area contributed by atoms with Crippen molar-refractivity contribution < 1.29 is 0 Å². The second-order valence-electron chi connectivity index (χ2n) is 12.7. The van der Waals surface area contributed by atoms with E-state index in [4.69, 9.17) is 4.98 Å². The van der Waals surface area contributed by atoms with Gasteiger partial charge in [0.05, 0.1) is 5.69 Å². The van der Waals surface area contributed by atoms with Gasteiger partial charge in [-0.1, -0.05) is 158 Å². The predicted octanol–water partition coefficient (Wildman–Crippen LogP) is 12.6. The highest BCUT2D eigenvalue weighted by atomic mass is 15.0. The Hall–Kier alpha value is -6.51. The van der Waals surface area contributed by atoms with E-state index in [-0.39, 0.29) is 0 Å². The van der Waals surface area contributed by atoms with Gasteiger partial charge in [-0.15, -0.1) is 0 Å². The van der Waals surface area contributed by atoms with E-state index < -0.39 is 0 Å². The first kappa shape index (κ1) is 27.6. The van der Waals surface area contributed by atoms with Gasteiger partial charge in [-0.25, -0.2) is 4.98 Å². The number of hydrogen-bond donors (Lipinski definition) is 0. The number of nitrogens with zero attached hydrogens (tertiary/aromatic N) is 2. The Morgan fingerprint density at radius 1 is 0.306 bits per heavy atom. The van der Waals surface area contributed by atoms with Crippen LogP contribution in [-0.2, 0) is 0 Å². The van der Waals surface area contributed by atoms with Crippen LogP contribution in [0.25, 0.3) is 93.4 Å². The highest BCUT2D eigenvalue weighted by molar-refractivity contribution is 6.29. The largest absolute Gasteiger partial charge is 0.306 e. The van der Waals surface area contributed by atoms with Crippen LogP contribution in [-0.4, -0.2) is 9.38 Å². The Balaban J connectivity index is 1.27. The SMILES string of the molecule is c1ccc(-c2c3ccccc3c(-c3c4ccccc4c(-c4ccc(-c5cn6ccccc6n5)cc4)c4ccccc34)c3ccccc23)cc1. The molecule has 10 rings (SSSR count). The van der Waals surface area contributed by atoms with Crippen molar-refractivity contribution in [2.75, 3.05) is 0 Å². The summed E-state index contributed by atoms with van der Waals surface area (Å²) in [6, 6.07) is 61.6. The van der Waals surface area contributed by atoms with Crippen molar-refractivity contribution in [2.24, 2.45) is 0 Å². The Morgan fingerprint density at radius 3 is 1.12 bits per heavy atom. The molecule has 49 heavy (non-hydrogen) atoms. The number of benzene rings is 8. The van der Waals surface area contributed by atoms with E-state index in [0.717, 1.165) is 16.9 Å². The van der Waals surface area contributed by atoms with Gasteiger partial charge < -0.3 is 4.40 Å². The third kappa shape index (κ3) is 4.31. The van der Waals surface area contributed by atoms with E-state index in [1.54, 1.807) is 0 Å².